The molecular formula is C10H8ClN. The monoisotopic (exact) mass is 177 g/mol. The van der Waals surface area contributed by atoms with Crippen LogP contribution in [0.4, 0.5) is 0 Å². The maximum absolute atomic E-state index is 8.79. The zero-order valence-electron chi connectivity index (χ0n) is 6.55. The number of hydrogen-bond acceptors (Lipinski definition) is 1. The molecule has 0 atom stereocenters. The molecule has 1 nitrogen and oxygen atoms in total. The first-order valence-corrected chi connectivity index (χ1v) is 4.38. The predicted octanol–water partition coefficient (Wildman–Crippen LogP) is 3.09. The molecule has 60 valence electrons. The van der Waals surface area contributed by atoms with Gasteiger partial charge in [0.2, 0.25) is 0 Å². The maximum Gasteiger partial charge on any atom is 0.0994 e. The van der Waals surface area contributed by atoms with E-state index in [0.29, 0.717) is 5.92 Å². The molecule has 0 heterocycles. The highest BCUT2D eigenvalue weighted by atomic mass is 35.5. The Morgan fingerprint density at radius 3 is 2.75 bits per heavy atom. The number of nitriles is 1. The fourth-order valence-corrected chi connectivity index (χ4v) is 1.55. The van der Waals surface area contributed by atoms with Crippen molar-refractivity contribution < 1.29 is 0 Å². The van der Waals surface area contributed by atoms with Crippen LogP contribution in [0.15, 0.2) is 18.2 Å². The lowest BCUT2D eigenvalue weighted by molar-refractivity contribution is 1.12. The molecule has 1 aromatic carbocycles. The topological polar surface area (TPSA) is 23.8 Å². The van der Waals surface area contributed by atoms with Crippen molar-refractivity contribution in [3.63, 3.8) is 0 Å². The molecule has 1 aliphatic carbocycles. The molecule has 0 bridgehead atoms. The largest absolute Gasteiger partial charge is 0.192 e. The summed E-state index contributed by atoms with van der Waals surface area (Å²) in [4.78, 5) is 0. The summed E-state index contributed by atoms with van der Waals surface area (Å²) in [5.74, 6) is 0.596. The Labute approximate surface area is 76.6 Å². The number of hydrogen-bond donors (Lipinski definition) is 0. The highest BCUT2D eigenvalue weighted by molar-refractivity contribution is 6.30. The minimum absolute atomic E-state index is 0.596. The van der Waals surface area contributed by atoms with Gasteiger partial charge in [-0.15, -0.1) is 0 Å². The van der Waals surface area contributed by atoms with Crippen molar-refractivity contribution in [2.45, 2.75) is 18.8 Å². The normalized spacial score (nSPS) is 15.7. The van der Waals surface area contributed by atoms with E-state index in [-0.39, 0.29) is 0 Å². The zero-order chi connectivity index (χ0) is 8.55. The summed E-state index contributed by atoms with van der Waals surface area (Å²) in [5.41, 5.74) is 1.91. The fraction of sp³-hybridized carbons (Fsp3) is 0.300. The van der Waals surface area contributed by atoms with Crippen LogP contribution in [0.1, 0.15) is 29.9 Å². The molecule has 1 aromatic rings. The van der Waals surface area contributed by atoms with E-state index >= 15 is 0 Å². The number of benzene rings is 1. The SMILES string of the molecule is N#Cc1ccc(Cl)cc1C1CC1. The first kappa shape index (κ1) is 7.64. The third kappa shape index (κ3) is 1.31. The van der Waals surface area contributed by atoms with Gasteiger partial charge in [0.25, 0.3) is 0 Å². The van der Waals surface area contributed by atoms with Crippen LogP contribution in [0.25, 0.3) is 0 Å². The standard InChI is InChI=1S/C10H8ClN/c11-9-4-3-8(6-12)10(5-9)7-1-2-7/h3-5,7H,1-2H2. The molecule has 0 unspecified atom stereocenters. The van der Waals surface area contributed by atoms with Gasteiger partial charge in [0, 0.05) is 5.02 Å². The van der Waals surface area contributed by atoms with Crippen molar-refractivity contribution in [3.8, 4) is 6.07 Å². The summed E-state index contributed by atoms with van der Waals surface area (Å²) in [5, 5.41) is 9.53. The van der Waals surface area contributed by atoms with Gasteiger partial charge in [-0.3, -0.25) is 0 Å². The third-order valence-electron chi connectivity index (χ3n) is 2.15. The smallest absolute Gasteiger partial charge is 0.0994 e. The van der Waals surface area contributed by atoms with Gasteiger partial charge in [-0.2, -0.15) is 5.26 Å². The van der Waals surface area contributed by atoms with Crippen molar-refractivity contribution in [1.82, 2.24) is 0 Å². The average molecular weight is 178 g/mol. The molecule has 0 amide bonds. The van der Waals surface area contributed by atoms with Crippen LogP contribution in [-0.2, 0) is 0 Å². The van der Waals surface area contributed by atoms with Crippen LogP contribution in [-0.4, -0.2) is 0 Å². The highest BCUT2D eigenvalue weighted by Crippen LogP contribution is 2.42. The van der Waals surface area contributed by atoms with Crippen LogP contribution < -0.4 is 0 Å². The van der Waals surface area contributed by atoms with Gasteiger partial charge >= 0.3 is 0 Å². The molecule has 12 heavy (non-hydrogen) atoms. The van der Waals surface area contributed by atoms with E-state index in [2.05, 4.69) is 6.07 Å². The van der Waals surface area contributed by atoms with Gasteiger partial charge in [0.05, 0.1) is 11.6 Å². The van der Waals surface area contributed by atoms with Gasteiger partial charge < -0.3 is 0 Å². The summed E-state index contributed by atoms with van der Waals surface area (Å²) in [7, 11) is 0. The second kappa shape index (κ2) is 2.80. The highest BCUT2D eigenvalue weighted by Gasteiger charge is 2.26. The molecule has 0 aromatic heterocycles. The van der Waals surface area contributed by atoms with Crippen molar-refractivity contribution >= 4 is 11.6 Å². The molecule has 2 rings (SSSR count). The van der Waals surface area contributed by atoms with Gasteiger partial charge in [0.15, 0.2) is 0 Å². The molecule has 0 aliphatic heterocycles. The zero-order valence-corrected chi connectivity index (χ0v) is 7.30. The molecule has 1 aliphatic rings. The molecule has 0 spiro atoms. The van der Waals surface area contributed by atoms with E-state index in [1.165, 1.54) is 12.8 Å². The lowest BCUT2D eigenvalue weighted by Gasteiger charge is -2.00. The molecule has 0 N–H and O–H groups in total. The van der Waals surface area contributed by atoms with Gasteiger partial charge in [-0.25, -0.2) is 0 Å². The Hall–Kier alpha value is -1.00. The summed E-state index contributed by atoms with van der Waals surface area (Å²) >= 11 is 5.84. The third-order valence-corrected chi connectivity index (χ3v) is 2.39. The minimum atomic E-state index is 0.596. The average Bonchev–Trinajstić information content (AvgIpc) is 2.87. The Kier molecular flexibility index (Phi) is 1.78. The summed E-state index contributed by atoms with van der Waals surface area (Å²) in [6.07, 6.45) is 2.41. The van der Waals surface area contributed by atoms with Crippen LogP contribution >= 0.6 is 11.6 Å². The van der Waals surface area contributed by atoms with Crippen LogP contribution in [0, 0.1) is 11.3 Å². The Balaban J connectivity index is 2.48. The summed E-state index contributed by atoms with van der Waals surface area (Å²) in [6, 6.07) is 7.67. The van der Waals surface area contributed by atoms with Crippen molar-refractivity contribution in [2.24, 2.45) is 0 Å². The molecular weight excluding hydrogens is 170 g/mol. The molecule has 0 saturated heterocycles. The van der Waals surface area contributed by atoms with Crippen LogP contribution in [0.5, 0.6) is 0 Å². The Morgan fingerprint density at radius 1 is 1.42 bits per heavy atom. The molecule has 0 radical (unpaired) electrons. The molecule has 1 saturated carbocycles. The van der Waals surface area contributed by atoms with E-state index in [0.717, 1.165) is 16.1 Å². The summed E-state index contributed by atoms with van der Waals surface area (Å²) in [6.45, 7) is 0. The van der Waals surface area contributed by atoms with E-state index in [4.69, 9.17) is 16.9 Å². The van der Waals surface area contributed by atoms with Gasteiger partial charge in [0.1, 0.15) is 0 Å². The number of halogens is 1. The van der Waals surface area contributed by atoms with Crippen LogP contribution in [0.3, 0.4) is 0 Å². The van der Waals surface area contributed by atoms with Crippen molar-refractivity contribution in [3.05, 3.63) is 34.3 Å². The Morgan fingerprint density at radius 2 is 2.17 bits per heavy atom. The lowest BCUT2D eigenvalue weighted by Crippen LogP contribution is -1.85. The second-order valence-electron chi connectivity index (χ2n) is 3.12. The van der Waals surface area contributed by atoms with E-state index < -0.39 is 0 Å². The number of nitrogens with zero attached hydrogens (tertiary/aromatic N) is 1. The van der Waals surface area contributed by atoms with E-state index in [1.54, 1.807) is 12.1 Å². The van der Waals surface area contributed by atoms with Crippen molar-refractivity contribution in [2.75, 3.05) is 0 Å². The van der Waals surface area contributed by atoms with Gasteiger partial charge in [-0.05, 0) is 42.5 Å². The molecule has 2 heteroatoms. The summed E-state index contributed by atoms with van der Waals surface area (Å²) < 4.78 is 0. The maximum atomic E-state index is 8.79. The minimum Gasteiger partial charge on any atom is -0.192 e. The second-order valence-corrected chi connectivity index (χ2v) is 3.55. The van der Waals surface area contributed by atoms with E-state index in [9.17, 15) is 0 Å². The Bertz CT molecular complexity index is 347. The van der Waals surface area contributed by atoms with Crippen molar-refractivity contribution in [1.29, 1.82) is 5.26 Å². The van der Waals surface area contributed by atoms with Gasteiger partial charge in [-0.1, -0.05) is 11.6 Å². The first-order chi connectivity index (χ1) is 5.81. The quantitative estimate of drug-likeness (QED) is 0.647. The van der Waals surface area contributed by atoms with Crippen LogP contribution in [0.2, 0.25) is 5.02 Å². The van der Waals surface area contributed by atoms with E-state index in [1.807, 2.05) is 6.07 Å². The molecule has 1 fully saturated rings. The number of rotatable bonds is 1. The first-order valence-electron chi connectivity index (χ1n) is 4.01. The predicted molar refractivity (Wildman–Crippen MR) is 48.1 cm³/mol. The lowest BCUT2D eigenvalue weighted by atomic mass is 10.0. The fourth-order valence-electron chi connectivity index (χ4n) is 1.37.